The molecule has 2 aromatic rings. The zero-order valence-corrected chi connectivity index (χ0v) is 14.3. The van der Waals surface area contributed by atoms with Crippen LogP contribution in [0.15, 0.2) is 53.0 Å². The van der Waals surface area contributed by atoms with Gasteiger partial charge in [0.25, 0.3) is 0 Å². The zero-order chi connectivity index (χ0) is 16.8. The van der Waals surface area contributed by atoms with Gasteiger partial charge in [-0.3, -0.25) is 9.59 Å². The Kier molecular flexibility index (Phi) is 6.04. The minimum absolute atomic E-state index is 0.0974. The van der Waals surface area contributed by atoms with E-state index in [1.54, 1.807) is 0 Å². The normalized spacial score (nSPS) is 11.8. The molecule has 0 saturated heterocycles. The molecule has 0 saturated carbocycles. The van der Waals surface area contributed by atoms with Gasteiger partial charge in [-0.15, -0.1) is 0 Å². The summed E-state index contributed by atoms with van der Waals surface area (Å²) in [4.78, 5) is 23.9. The van der Waals surface area contributed by atoms with Crippen molar-refractivity contribution in [1.82, 2.24) is 5.32 Å². The van der Waals surface area contributed by atoms with Crippen molar-refractivity contribution in [2.75, 3.05) is 0 Å². The SMILES string of the molecule is C[C@@H](NC(=O)CCC(=O)c1ccc(F)cc1)c1ccccc1Br. The predicted octanol–water partition coefficient (Wildman–Crippen LogP) is 4.43. The fraction of sp³-hybridized carbons (Fsp3) is 0.222. The van der Waals surface area contributed by atoms with E-state index in [0.29, 0.717) is 5.56 Å². The molecule has 0 aliphatic carbocycles. The molecule has 23 heavy (non-hydrogen) atoms. The number of Topliss-reactive ketones (excluding diaryl/α,β-unsaturated/α-hetero) is 1. The summed E-state index contributed by atoms with van der Waals surface area (Å²) in [5.74, 6) is -0.751. The van der Waals surface area contributed by atoms with Gasteiger partial charge in [0.05, 0.1) is 6.04 Å². The number of carbonyl (C=O) groups excluding carboxylic acids is 2. The van der Waals surface area contributed by atoms with E-state index in [1.165, 1.54) is 24.3 Å². The van der Waals surface area contributed by atoms with Crippen molar-refractivity contribution in [2.45, 2.75) is 25.8 Å². The highest BCUT2D eigenvalue weighted by Gasteiger charge is 2.14. The third kappa shape index (κ3) is 4.99. The van der Waals surface area contributed by atoms with Crippen molar-refractivity contribution in [3.8, 4) is 0 Å². The number of benzene rings is 2. The Hall–Kier alpha value is -2.01. The highest BCUT2D eigenvalue weighted by Crippen LogP contribution is 2.22. The summed E-state index contributed by atoms with van der Waals surface area (Å²) in [6, 6.07) is 12.8. The minimum atomic E-state index is -0.387. The van der Waals surface area contributed by atoms with Gasteiger partial charge < -0.3 is 5.32 Å². The van der Waals surface area contributed by atoms with Gasteiger partial charge in [0, 0.05) is 22.9 Å². The largest absolute Gasteiger partial charge is 0.350 e. The summed E-state index contributed by atoms with van der Waals surface area (Å²) in [5, 5.41) is 2.87. The van der Waals surface area contributed by atoms with Crippen molar-refractivity contribution < 1.29 is 14.0 Å². The number of amides is 1. The van der Waals surface area contributed by atoms with Crippen LogP contribution < -0.4 is 5.32 Å². The van der Waals surface area contributed by atoms with E-state index in [9.17, 15) is 14.0 Å². The smallest absolute Gasteiger partial charge is 0.220 e. The standard InChI is InChI=1S/C18H17BrFNO2/c1-12(15-4-2-3-5-16(15)19)21-18(23)11-10-17(22)13-6-8-14(20)9-7-13/h2-9,12H,10-11H2,1H3,(H,21,23)/t12-/m1/s1. The molecule has 0 bridgehead atoms. The third-order valence-electron chi connectivity index (χ3n) is 3.49. The van der Waals surface area contributed by atoms with Gasteiger partial charge in [0.1, 0.15) is 5.82 Å². The second-order valence-corrected chi connectivity index (χ2v) is 6.10. The zero-order valence-electron chi connectivity index (χ0n) is 12.7. The topological polar surface area (TPSA) is 46.2 Å². The van der Waals surface area contributed by atoms with Crippen molar-refractivity contribution in [3.63, 3.8) is 0 Å². The minimum Gasteiger partial charge on any atom is -0.350 e. The Bertz CT molecular complexity index is 700. The molecule has 0 unspecified atom stereocenters. The first-order valence-corrected chi connectivity index (χ1v) is 8.09. The molecule has 2 rings (SSSR count). The highest BCUT2D eigenvalue weighted by atomic mass is 79.9. The lowest BCUT2D eigenvalue weighted by Gasteiger charge is -2.15. The molecule has 0 aliphatic rings. The average molecular weight is 378 g/mol. The lowest BCUT2D eigenvalue weighted by molar-refractivity contribution is -0.121. The monoisotopic (exact) mass is 377 g/mol. The lowest BCUT2D eigenvalue weighted by atomic mass is 10.1. The van der Waals surface area contributed by atoms with Gasteiger partial charge in [-0.2, -0.15) is 0 Å². The van der Waals surface area contributed by atoms with Crippen LogP contribution in [0.3, 0.4) is 0 Å². The molecular weight excluding hydrogens is 361 g/mol. The summed E-state index contributed by atoms with van der Waals surface area (Å²) >= 11 is 3.45. The number of hydrogen-bond donors (Lipinski definition) is 1. The van der Waals surface area contributed by atoms with E-state index in [0.717, 1.165) is 10.0 Å². The van der Waals surface area contributed by atoms with Crippen LogP contribution in [0.5, 0.6) is 0 Å². The van der Waals surface area contributed by atoms with E-state index in [2.05, 4.69) is 21.2 Å². The van der Waals surface area contributed by atoms with Gasteiger partial charge in [0.15, 0.2) is 5.78 Å². The van der Waals surface area contributed by atoms with Crippen LogP contribution in [0.2, 0.25) is 0 Å². The first kappa shape index (κ1) is 17.3. The number of rotatable bonds is 6. The van der Waals surface area contributed by atoms with E-state index in [-0.39, 0.29) is 36.4 Å². The van der Waals surface area contributed by atoms with Gasteiger partial charge in [0.2, 0.25) is 5.91 Å². The Balaban J connectivity index is 1.86. The molecule has 1 amide bonds. The Morgan fingerprint density at radius 2 is 1.74 bits per heavy atom. The molecule has 0 spiro atoms. The molecule has 2 aromatic carbocycles. The molecule has 0 aliphatic heterocycles. The van der Waals surface area contributed by atoms with E-state index in [1.807, 2.05) is 31.2 Å². The molecule has 120 valence electrons. The van der Waals surface area contributed by atoms with Gasteiger partial charge >= 0.3 is 0 Å². The van der Waals surface area contributed by atoms with Crippen LogP contribution in [0, 0.1) is 5.82 Å². The number of carbonyl (C=O) groups is 2. The van der Waals surface area contributed by atoms with E-state index >= 15 is 0 Å². The highest BCUT2D eigenvalue weighted by molar-refractivity contribution is 9.10. The number of hydrogen-bond acceptors (Lipinski definition) is 2. The fourth-order valence-electron chi connectivity index (χ4n) is 2.22. The summed E-state index contributed by atoms with van der Waals surface area (Å²) < 4.78 is 13.7. The Labute approximate surface area is 143 Å². The molecular formula is C18H17BrFNO2. The molecule has 5 heteroatoms. The van der Waals surface area contributed by atoms with Gasteiger partial charge in [-0.05, 0) is 42.8 Å². The van der Waals surface area contributed by atoms with Crippen LogP contribution in [-0.2, 0) is 4.79 Å². The quantitative estimate of drug-likeness (QED) is 0.756. The van der Waals surface area contributed by atoms with Crippen LogP contribution >= 0.6 is 15.9 Å². The van der Waals surface area contributed by atoms with Crippen molar-refractivity contribution in [3.05, 3.63) is 69.9 Å². The maximum absolute atomic E-state index is 12.8. The molecule has 0 heterocycles. The summed E-state index contributed by atoms with van der Waals surface area (Å²) in [6.45, 7) is 1.89. The Morgan fingerprint density at radius 3 is 2.39 bits per heavy atom. The van der Waals surface area contributed by atoms with Crippen molar-refractivity contribution in [2.24, 2.45) is 0 Å². The third-order valence-corrected chi connectivity index (χ3v) is 4.22. The van der Waals surface area contributed by atoms with E-state index in [4.69, 9.17) is 0 Å². The number of ketones is 1. The van der Waals surface area contributed by atoms with Crippen LogP contribution in [0.25, 0.3) is 0 Å². The maximum atomic E-state index is 12.8. The second-order valence-electron chi connectivity index (χ2n) is 5.24. The number of nitrogens with one attached hydrogen (secondary N) is 1. The predicted molar refractivity (Wildman–Crippen MR) is 90.7 cm³/mol. The summed E-state index contributed by atoms with van der Waals surface area (Å²) in [6.07, 6.45) is 0.200. The average Bonchev–Trinajstić information content (AvgIpc) is 2.53. The van der Waals surface area contributed by atoms with Gasteiger partial charge in [-0.1, -0.05) is 34.1 Å². The molecule has 1 N–H and O–H groups in total. The molecule has 3 nitrogen and oxygen atoms in total. The van der Waals surface area contributed by atoms with E-state index < -0.39 is 0 Å². The lowest BCUT2D eigenvalue weighted by Crippen LogP contribution is -2.27. The van der Waals surface area contributed by atoms with Crippen molar-refractivity contribution >= 4 is 27.6 Å². The van der Waals surface area contributed by atoms with Crippen molar-refractivity contribution in [1.29, 1.82) is 0 Å². The van der Waals surface area contributed by atoms with Crippen LogP contribution in [-0.4, -0.2) is 11.7 Å². The summed E-state index contributed by atoms with van der Waals surface area (Å²) in [7, 11) is 0. The van der Waals surface area contributed by atoms with Crippen LogP contribution in [0.4, 0.5) is 4.39 Å². The first-order valence-electron chi connectivity index (χ1n) is 7.30. The molecule has 0 fully saturated rings. The second kappa shape index (κ2) is 8.02. The van der Waals surface area contributed by atoms with Gasteiger partial charge in [-0.25, -0.2) is 4.39 Å². The Morgan fingerprint density at radius 1 is 1.09 bits per heavy atom. The first-order chi connectivity index (χ1) is 11.0. The van der Waals surface area contributed by atoms with Crippen LogP contribution in [0.1, 0.15) is 41.7 Å². The molecule has 0 aromatic heterocycles. The molecule has 0 radical (unpaired) electrons. The number of halogens is 2. The maximum Gasteiger partial charge on any atom is 0.220 e. The fourth-order valence-corrected chi connectivity index (χ4v) is 2.85. The summed E-state index contributed by atoms with van der Waals surface area (Å²) in [5.41, 5.74) is 1.39. The molecule has 1 atom stereocenters.